The van der Waals surface area contributed by atoms with Crippen LogP contribution in [-0.2, 0) is 20.5 Å². The second-order valence-electron chi connectivity index (χ2n) is 5.61. The van der Waals surface area contributed by atoms with Gasteiger partial charge in [-0.15, -0.1) is 0 Å². The van der Waals surface area contributed by atoms with Crippen molar-refractivity contribution in [3.63, 3.8) is 0 Å². The number of amides is 1. The van der Waals surface area contributed by atoms with Crippen LogP contribution in [0.2, 0.25) is 0 Å². The maximum Gasteiger partial charge on any atom is 0.331 e. The number of aryl methyl sites for hydroxylation is 1. The molecule has 2 aromatic heterocycles. The second-order valence-corrected chi connectivity index (χ2v) is 5.61. The van der Waals surface area contributed by atoms with Crippen LogP contribution in [0.4, 0.5) is 0 Å². The van der Waals surface area contributed by atoms with Gasteiger partial charge in [0.1, 0.15) is 5.69 Å². The Morgan fingerprint density at radius 3 is 2.65 bits per heavy atom. The number of carbonyl (C=O) groups is 1. The van der Waals surface area contributed by atoms with Gasteiger partial charge in [-0.3, -0.25) is 23.7 Å². The van der Waals surface area contributed by atoms with Gasteiger partial charge in [-0.25, -0.2) is 4.79 Å². The summed E-state index contributed by atoms with van der Waals surface area (Å²) in [6, 6.07) is 4.80. The van der Waals surface area contributed by atoms with E-state index in [4.69, 9.17) is 0 Å². The van der Waals surface area contributed by atoms with Gasteiger partial charge in [0.2, 0.25) is 0 Å². The fraction of sp³-hybridized carbons (Fsp3) is 0.375. The molecule has 23 heavy (non-hydrogen) atoms. The van der Waals surface area contributed by atoms with Crippen molar-refractivity contribution in [2.24, 2.45) is 14.1 Å². The number of carbonyl (C=O) groups excluding carboxylic acids is 1. The van der Waals surface area contributed by atoms with E-state index in [2.05, 4.69) is 10.3 Å². The van der Waals surface area contributed by atoms with Crippen molar-refractivity contribution in [1.82, 2.24) is 19.4 Å². The first-order valence-electron chi connectivity index (χ1n) is 7.29. The number of rotatable bonds is 4. The summed E-state index contributed by atoms with van der Waals surface area (Å²) >= 11 is 0. The van der Waals surface area contributed by atoms with Gasteiger partial charge in [0.25, 0.3) is 11.5 Å². The van der Waals surface area contributed by atoms with Crippen molar-refractivity contribution in [2.75, 3.05) is 0 Å². The molecule has 0 unspecified atom stereocenters. The van der Waals surface area contributed by atoms with E-state index >= 15 is 0 Å². The van der Waals surface area contributed by atoms with Crippen LogP contribution in [0.3, 0.4) is 0 Å². The molecule has 7 heteroatoms. The number of hydrogen-bond donors (Lipinski definition) is 1. The third-order valence-corrected chi connectivity index (χ3v) is 3.75. The van der Waals surface area contributed by atoms with Crippen LogP contribution in [-0.4, -0.2) is 26.1 Å². The minimum atomic E-state index is -0.532. The van der Waals surface area contributed by atoms with Crippen molar-refractivity contribution in [1.29, 1.82) is 0 Å². The molecule has 0 bridgehead atoms. The highest BCUT2D eigenvalue weighted by Crippen LogP contribution is 2.06. The molecule has 0 aliphatic rings. The summed E-state index contributed by atoms with van der Waals surface area (Å²) in [6.07, 6.45) is 2.28. The normalized spacial score (nSPS) is 12.0. The zero-order chi connectivity index (χ0) is 17.1. The molecule has 0 saturated heterocycles. The molecule has 0 aliphatic heterocycles. The zero-order valence-corrected chi connectivity index (χ0v) is 13.7. The summed E-state index contributed by atoms with van der Waals surface area (Å²) in [5.74, 6) is -0.455. The summed E-state index contributed by atoms with van der Waals surface area (Å²) in [6.45, 7) is 3.81. The number of hydrogen-bond acceptors (Lipinski definition) is 4. The lowest BCUT2D eigenvalue weighted by molar-refractivity contribution is 0.0929. The van der Waals surface area contributed by atoms with Crippen LogP contribution in [0.1, 0.15) is 28.7 Å². The van der Waals surface area contributed by atoms with Crippen LogP contribution in [0, 0.1) is 6.92 Å². The smallest absolute Gasteiger partial charge is 0.331 e. The van der Waals surface area contributed by atoms with Crippen molar-refractivity contribution >= 4 is 5.91 Å². The van der Waals surface area contributed by atoms with E-state index in [1.54, 1.807) is 6.20 Å². The Morgan fingerprint density at radius 2 is 2.00 bits per heavy atom. The van der Waals surface area contributed by atoms with E-state index in [-0.39, 0.29) is 11.7 Å². The average molecular weight is 316 g/mol. The van der Waals surface area contributed by atoms with Gasteiger partial charge >= 0.3 is 5.69 Å². The first kappa shape index (κ1) is 16.7. The van der Waals surface area contributed by atoms with E-state index in [0.717, 1.165) is 26.5 Å². The van der Waals surface area contributed by atoms with E-state index in [1.165, 1.54) is 14.1 Å². The molecule has 0 aliphatic carbocycles. The van der Waals surface area contributed by atoms with Gasteiger partial charge in [0, 0.05) is 44.5 Å². The Labute approximate surface area is 133 Å². The largest absolute Gasteiger partial charge is 0.348 e. The lowest BCUT2D eigenvalue weighted by atomic mass is 10.1. The molecule has 1 N–H and O–H groups in total. The minimum absolute atomic E-state index is 0.0442. The third kappa shape index (κ3) is 3.56. The highest BCUT2D eigenvalue weighted by Gasteiger charge is 2.16. The van der Waals surface area contributed by atoms with Crippen molar-refractivity contribution in [3.8, 4) is 0 Å². The summed E-state index contributed by atoms with van der Waals surface area (Å²) in [5.41, 5.74) is 0.956. The molecule has 2 heterocycles. The molecule has 7 nitrogen and oxygen atoms in total. The van der Waals surface area contributed by atoms with Crippen LogP contribution < -0.4 is 16.6 Å². The average Bonchev–Trinajstić information content (AvgIpc) is 2.51. The predicted octanol–water partition coefficient (Wildman–Crippen LogP) is 0.148. The van der Waals surface area contributed by atoms with Crippen LogP contribution in [0.25, 0.3) is 0 Å². The van der Waals surface area contributed by atoms with E-state index in [9.17, 15) is 14.4 Å². The highest BCUT2D eigenvalue weighted by molar-refractivity contribution is 5.92. The first-order valence-corrected chi connectivity index (χ1v) is 7.29. The molecule has 0 aromatic carbocycles. The maximum absolute atomic E-state index is 12.3. The van der Waals surface area contributed by atoms with Crippen molar-refractivity contribution in [3.05, 3.63) is 62.2 Å². The van der Waals surface area contributed by atoms with Crippen LogP contribution in [0.5, 0.6) is 0 Å². The lowest BCUT2D eigenvalue weighted by Crippen LogP contribution is -2.43. The van der Waals surface area contributed by atoms with Crippen LogP contribution >= 0.6 is 0 Å². The van der Waals surface area contributed by atoms with Gasteiger partial charge < -0.3 is 5.32 Å². The lowest BCUT2D eigenvalue weighted by Gasteiger charge is -2.16. The summed E-state index contributed by atoms with van der Waals surface area (Å²) < 4.78 is 2.12. The molecule has 1 atom stereocenters. The summed E-state index contributed by atoms with van der Waals surface area (Å²) in [7, 11) is 2.84. The molecule has 1 amide bonds. The molecule has 122 valence electrons. The first-order chi connectivity index (χ1) is 10.8. The number of nitrogens with zero attached hydrogens (tertiary/aromatic N) is 3. The maximum atomic E-state index is 12.3. The Hall–Kier alpha value is -2.70. The number of nitrogens with one attached hydrogen (secondary N) is 1. The molecular weight excluding hydrogens is 296 g/mol. The fourth-order valence-corrected chi connectivity index (χ4v) is 2.32. The monoisotopic (exact) mass is 316 g/mol. The van der Waals surface area contributed by atoms with Crippen molar-refractivity contribution in [2.45, 2.75) is 26.3 Å². The molecule has 2 rings (SSSR count). The zero-order valence-electron chi connectivity index (χ0n) is 13.7. The van der Waals surface area contributed by atoms with Gasteiger partial charge in [-0.1, -0.05) is 6.07 Å². The predicted molar refractivity (Wildman–Crippen MR) is 86.5 cm³/mol. The Bertz CT molecular complexity index is 851. The molecule has 0 spiro atoms. The Morgan fingerprint density at radius 1 is 1.30 bits per heavy atom. The molecule has 2 aromatic rings. The quantitative estimate of drug-likeness (QED) is 0.870. The van der Waals surface area contributed by atoms with Gasteiger partial charge in [-0.05, 0) is 25.5 Å². The highest BCUT2D eigenvalue weighted by atomic mass is 16.2. The molecular formula is C16H20N4O3. The Kier molecular flexibility index (Phi) is 4.78. The Balaban J connectivity index is 2.18. The van der Waals surface area contributed by atoms with Gasteiger partial charge in [0.05, 0.1) is 0 Å². The SMILES string of the molecule is Cc1cccnc1C[C@H](C)NC(=O)c1cc(=O)n(C)c(=O)n1C. The van der Waals surface area contributed by atoms with E-state index < -0.39 is 17.2 Å². The third-order valence-electron chi connectivity index (χ3n) is 3.75. The topological polar surface area (TPSA) is 86.0 Å². The fourth-order valence-electron chi connectivity index (χ4n) is 2.32. The number of aromatic nitrogens is 3. The molecule has 0 radical (unpaired) electrons. The summed E-state index contributed by atoms with van der Waals surface area (Å²) in [4.78, 5) is 40.2. The number of pyridine rings is 1. The molecule has 0 fully saturated rings. The van der Waals surface area contributed by atoms with Gasteiger partial charge in [-0.2, -0.15) is 0 Å². The van der Waals surface area contributed by atoms with E-state index in [0.29, 0.717) is 6.42 Å². The minimum Gasteiger partial charge on any atom is -0.348 e. The van der Waals surface area contributed by atoms with E-state index in [1.807, 2.05) is 26.0 Å². The van der Waals surface area contributed by atoms with Crippen LogP contribution in [0.15, 0.2) is 34.0 Å². The summed E-state index contributed by atoms with van der Waals surface area (Å²) in [5, 5.41) is 2.80. The van der Waals surface area contributed by atoms with Gasteiger partial charge in [0.15, 0.2) is 0 Å². The molecule has 0 saturated carbocycles. The second kappa shape index (κ2) is 6.60. The standard InChI is InChI=1S/C16H20N4O3/c1-10-6-5-7-17-12(10)8-11(2)18-15(22)13-9-14(21)20(4)16(23)19(13)3/h5-7,9,11H,8H2,1-4H3,(H,18,22)/t11-/m0/s1. The van der Waals surface area contributed by atoms with Crippen molar-refractivity contribution < 1.29 is 4.79 Å².